The van der Waals surface area contributed by atoms with Gasteiger partial charge in [0.2, 0.25) is 0 Å². The number of hydrogen-bond donors (Lipinski definition) is 3. The lowest BCUT2D eigenvalue weighted by molar-refractivity contribution is 0.102. The Morgan fingerprint density at radius 3 is 2.04 bits per heavy atom. The number of rotatable bonds is 9. The molecular weight excluding hydrogens is 330 g/mol. The number of anilines is 2. The van der Waals surface area contributed by atoms with Crippen molar-refractivity contribution < 1.29 is 14.3 Å². The molecule has 3 N–H and O–H groups in total. The summed E-state index contributed by atoms with van der Waals surface area (Å²) in [5.74, 6) is 0.664. The molecule has 6 heteroatoms. The van der Waals surface area contributed by atoms with Gasteiger partial charge >= 0.3 is 0 Å². The zero-order chi connectivity index (χ0) is 18.9. The highest BCUT2D eigenvalue weighted by atomic mass is 16.5. The van der Waals surface area contributed by atoms with Crippen molar-refractivity contribution in [1.29, 1.82) is 0 Å². The second-order valence-electron chi connectivity index (χ2n) is 6.10. The number of carbonyl (C=O) groups excluding carboxylic acids is 1. The largest absolute Gasteiger partial charge is 0.496 e. The van der Waals surface area contributed by atoms with Crippen LogP contribution in [-0.2, 0) is 0 Å². The van der Waals surface area contributed by atoms with Crippen LogP contribution in [0.5, 0.6) is 11.5 Å². The van der Waals surface area contributed by atoms with Crippen molar-refractivity contribution in [3.8, 4) is 11.5 Å². The highest BCUT2D eigenvalue weighted by Gasteiger charge is 2.18. The minimum atomic E-state index is -0.277. The predicted molar refractivity (Wildman–Crippen MR) is 106 cm³/mol. The lowest BCUT2D eigenvalue weighted by Crippen LogP contribution is -2.28. The first-order valence-corrected chi connectivity index (χ1v) is 8.64. The van der Waals surface area contributed by atoms with Crippen LogP contribution in [0.4, 0.5) is 11.4 Å². The Kier molecular flexibility index (Phi) is 7.29. The van der Waals surface area contributed by atoms with Crippen molar-refractivity contribution in [3.05, 3.63) is 48.0 Å². The van der Waals surface area contributed by atoms with Gasteiger partial charge in [0.05, 0.1) is 14.2 Å². The fourth-order valence-corrected chi connectivity index (χ4v) is 2.51. The summed E-state index contributed by atoms with van der Waals surface area (Å²) in [6.45, 7) is 5.97. The average Bonchev–Trinajstić information content (AvgIpc) is 2.65. The van der Waals surface area contributed by atoms with E-state index in [0.29, 0.717) is 28.8 Å². The van der Waals surface area contributed by atoms with Gasteiger partial charge in [-0.05, 0) is 36.4 Å². The second-order valence-corrected chi connectivity index (χ2v) is 6.10. The topological polar surface area (TPSA) is 71.6 Å². The summed E-state index contributed by atoms with van der Waals surface area (Å²) in [6, 6.07) is 13.3. The third-order valence-electron chi connectivity index (χ3n) is 3.80. The smallest absolute Gasteiger partial charge is 0.263 e. The van der Waals surface area contributed by atoms with Crippen molar-refractivity contribution in [1.82, 2.24) is 5.32 Å². The standard InChI is InChI=1S/C20H27N3O3/c1-14(2)21-12-13-22-15-8-10-16(11-9-15)23-20(24)19-17(25-3)6-5-7-18(19)26-4/h5-11,14,21-22H,12-13H2,1-4H3,(H,23,24). The SMILES string of the molecule is COc1cccc(OC)c1C(=O)Nc1ccc(NCCNC(C)C)cc1. The maximum atomic E-state index is 12.6. The van der Waals surface area contributed by atoms with E-state index in [2.05, 4.69) is 29.8 Å². The predicted octanol–water partition coefficient (Wildman–Crippen LogP) is 3.37. The molecule has 0 spiro atoms. The molecule has 0 saturated carbocycles. The summed E-state index contributed by atoms with van der Waals surface area (Å²) in [6.07, 6.45) is 0. The highest BCUT2D eigenvalue weighted by molar-refractivity contribution is 6.08. The average molecular weight is 357 g/mol. The van der Waals surface area contributed by atoms with Crippen LogP contribution < -0.4 is 25.4 Å². The molecule has 0 saturated heterocycles. The highest BCUT2D eigenvalue weighted by Crippen LogP contribution is 2.29. The summed E-state index contributed by atoms with van der Waals surface area (Å²) in [5.41, 5.74) is 2.08. The summed E-state index contributed by atoms with van der Waals surface area (Å²) < 4.78 is 10.6. The maximum Gasteiger partial charge on any atom is 0.263 e. The van der Waals surface area contributed by atoms with Gasteiger partial charge in [-0.25, -0.2) is 0 Å². The zero-order valence-corrected chi connectivity index (χ0v) is 15.8. The lowest BCUT2D eigenvalue weighted by atomic mass is 10.1. The quantitative estimate of drug-likeness (QED) is 0.600. The molecule has 1 amide bonds. The van der Waals surface area contributed by atoms with Crippen LogP contribution in [0, 0.1) is 0 Å². The minimum absolute atomic E-state index is 0.277. The molecule has 0 heterocycles. The van der Waals surface area contributed by atoms with Gasteiger partial charge in [-0.15, -0.1) is 0 Å². The first-order valence-electron chi connectivity index (χ1n) is 8.64. The van der Waals surface area contributed by atoms with Gasteiger partial charge in [-0.2, -0.15) is 0 Å². The van der Waals surface area contributed by atoms with E-state index in [9.17, 15) is 4.79 Å². The van der Waals surface area contributed by atoms with Gasteiger partial charge in [-0.1, -0.05) is 19.9 Å². The molecular formula is C20H27N3O3. The molecule has 0 atom stereocenters. The van der Waals surface area contributed by atoms with Crippen molar-refractivity contribution in [2.45, 2.75) is 19.9 Å². The van der Waals surface area contributed by atoms with Crippen molar-refractivity contribution in [2.75, 3.05) is 37.9 Å². The normalized spacial score (nSPS) is 10.5. The Hall–Kier alpha value is -2.73. The second kappa shape index (κ2) is 9.68. The van der Waals surface area contributed by atoms with Crippen molar-refractivity contribution >= 4 is 17.3 Å². The molecule has 0 aliphatic carbocycles. The molecule has 0 aliphatic heterocycles. The Balaban J connectivity index is 2.00. The fraction of sp³-hybridized carbons (Fsp3) is 0.350. The molecule has 140 valence electrons. The van der Waals surface area contributed by atoms with E-state index in [1.807, 2.05) is 24.3 Å². The fourth-order valence-electron chi connectivity index (χ4n) is 2.51. The van der Waals surface area contributed by atoms with Crippen LogP contribution in [-0.4, -0.2) is 39.3 Å². The van der Waals surface area contributed by atoms with Gasteiger partial charge in [0, 0.05) is 30.5 Å². The van der Waals surface area contributed by atoms with Gasteiger partial charge in [0.25, 0.3) is 5.91 Å². The molecule has 2 aromatic rings. The summed E-state index contributed by atoms with van der Waals surface area (Å²) >= 11 is 0. The number of ether oxygens (including phenoxy) is 2. The third kappa shape index (κ3) is 5.39. The van der Waals surface area contributed by atoms with Gasteiger partial charge < -0.3 is 25.4 Å². The van der Waals surface area contributed by atoms with E-state index >= 15 is 0 Å². The number of carbonyl (C=O) groups is 1. The third-order valence-corrected chi connectivity index (χ3v) is 3.80. The van der Waals surface area contributed by atoms with Crippen LogP contribution in [0.1, 0.15) is 24.2 Å². The molecule has 0 radical (unpaired) electrons. The molecule has 0 fully saturated rings. The first kappa shape index (κ1) is 19.6. The van der Waals surface area contributed by atoms with Crippen LogP contribution in [0.3, 0.4) is 0 Å². The van der Waals surface area contributed by atoms with Crippen LogP contribution in [0.2, 0.25) is 0 Å². The Morgan fingerprint density at radius 1 is 0.923 bits per heavy atom. The number of hydrogen-bond acceptors (Lipinski definition) is 5. The molecule has 2 aromatic carbocycles. The molecule has 2 rings (SSSR count). The van der Waals surface area contributed by atoms with Gasteiger partial charge in [-0.3, -0.25) is 4.79 Å². The van der Waals surface area contributed by atoms with E-state index in [4.69, 9.17) is 9.47 Å². The summed E-state index contributed by atoms with van der Waals surface area (Å²) in [4.78, 5) is 12.6. The lowest BCUT2D eigenvalue weighted by Gasteiger charge is -2.13. The Labute approximate surface area is 154 Å². The molecule has 0 aromatic heterocycles. The van der Waals surface area contributed by atoms with Crippen LogP contribution in [0.15, 0.2) is 42.5 Å². The zero-order valence-electron chi connectivity index (χ0n) is 15.8. The van der Waals surface area contributed by atoms with E-state index in [-0.39, 0.29) is 5.91 Å². The Morgan fingerprint density at radius 2 is 1.50 bits per heavy atom. The van der Waals surface area contributed by atoms with Gasteiger partial charge in [0.15, 0.2) is 0 Å². The van der Waals surface area contributed by atoms with Crippen LogP contribution >= 0.6 is 0 Å². The van der Waals surface area contributed by atoms with Gasteiger partial charge in [0.1, 0.15) is 17.1 Å². The van der Waals surface area contributed by atoms with E-state index < -0.39 is 0 Å². The van der Waals surface area contributed by atoms with Crippen LogP contribution in [0.25, 0.3) is 0 Å². The molecule has 26 heavy (non-hydrogen) atoms. The maximum absolute atomic E-state index is 12.6. The molecule has 0 unspecified atom stereocenters. The van der Waals surface area contributed by atoms with E-state index in [1.165, 1.54) is 14.2 Å². The van der Waals surface area contributed by atoms with E-state index in [0.717, 1.165) is 18.8 Å². The van der Waals surface area contributed by atoms with E-state index in [1.54, 1.807) is 18.2 Å². The number of methoxy groups -OCH3 is 2. The monoisotopic (exact) mass is 357 g/mol. The number of nitrogens with one attached hydrogen (secondary N) is 3. The summed E-state index contributed by atoms with van der Waals surface area (Å²) in [7, 11) is 3.06. The number of benzene rings is 2. The molecule has 0 bridgehead atoms. The molecule has 0 aliphatic rings. The Bertz CT molecular complexity index is 692. The van der Waals surface area contributed by atoms with Crippen molar-refractivity contribution in [2.24, 2.45) is 0 Å². The minimum Gasteiger partial charge on any atom is -0.496 e. The number of amides is 1. The van der Waals surface area contributed by atoms with Crippen molar-refractivity contribution in [3.63, 3.8) is 0 Å². The molecule has 6 nitrogen and oxygen atoms in total. The first-order chi connectivity index (χ1) is 12.5. The summed E-state index contributed by atoms with van der Waals surface area (Å²) in [5, 5.41) is 9.56.